The van der Waals surface area contributed by atoms with Crippen molar-refractivity contribution < 1.29 is 14.2 Å². The molecule has 0 heterocycles. The lowest BCUT2D eigenvalue weighted by atomic mass is 10.1. The van der Waals surface area contributed by atoms with Crippen LogP contribution in [0.15, 0.2) is 18.2 Å². The van der Waals surface area contributed by atoms with E-state index >= 15 is 0 Å². The molecular formula is C12H15O3. The number of methoxy groups -OCH3 is 3. The van der Waals surface area contributed by atoms with Gasteiger partial charge >= 0.3 is 0 Å². The quantitative estimate of drug-likeness (QED) is 0.759. The maximum absolute atomic E-state index is 5.21. The maximum atomic E-state index is 5.21. The monoisotopic (exact) mass is 207 g/mol. The van der Waals surface area contributed by atoms with Gasteiger partial charge in [0.25, 0.3) is 0 Å². The van der Waals surface area contributed by atoms with E-state index in [0.29, 0.717) is 17.2 Å². The van der Waals surface area contributed by atoms with E-state index in [0.717, 1.165) is 5.56 Å². The molecule has 0 bridgehead atoms. The van der Waals surface area contributed by atoms with Crippen LogP contribution in [0.5, 0.6) is 17.2 Å². The van der Waals surface area contributed by atoms with Crippen LogP contribution in [-0.4, -0.2) is 21.3 Å². The second-order valence-corrected chi connectivity index (χ2v) is 2.86. The van der Waals surface area contributed by atoms with Crippen LogP contribution in [0.4, 0.5) is 0 Å². The van der Waals surface area contributed by atoms with Crippen LogP contribution in [0.1, 0.15) is 5.56 Å². The Morgan fingerprint density at radius 1 is 1.00 bits per heavy atom. The van der Waals surface area contributed by atoms with Gasteiger partial charge in [0.1, 0.15) is 0 Å². The molecule has 3 heteroatoms. The Labute approximate surface area is 90.3 Å². The molecule has 3 nitrogen and oxygen atoms in total. The predicted octanol–water partition coefficient (Wildman–Crippen LogP) is 2.56. The van der Waals surface area contributed by atoms with Gasteiger partial charge in [-0.1, -0.05) is 12.2 Å². The van der Waals surface area contributed by atoms with Gasteiger partial charge in [0, 0.05) is 0 Å². The Morgan fingerprint density at radius 2 is 1.53 bits per heavy atom. The van der Waals surface area contributed by atoms with Crippen molar-refractivity contribution in [2.75, 3.05) is 21.3 Å². The van der Waals surface area contributed by atoms with Crippen LogP contribution in [0.3, 0.4) is 0 Å². The number of hydrogen-bond acceptors (Lipinski definition) is 3. The SMILES string of the molecule is [CH2]C=Cc1cc(OC)c(OC)c(OC)c1. The molecule has 0 amide bonds. The summed E-state index contributed by atoms with van der Waals surface area (Å²) in [5.41, 5.74) is 0.958. The first-order valence-electron chi connectivity index (χ1n) is 4.52. The summed E-state index contributed by atoms with van der Waals surface area (Å²) in [6, 6.07) is 3.73. The van der Waals surface area contributed by atoms with E-state index in [1.807, 2.05) is 18.2 Å². The molecular weight excluding hydrogens is 192 g/mol. The first-order valence-corrected chi connectivity index (χ1v) is 4.52. The highest BCUT2D eigenvalue weighted by molar-refractivity contribution is 5.62. The zero-order chi connectivity index (χ0) is 11.3. The van der Waals surface area contributed by atoms with Gasteiger partial charge < -0.3 is 14.2 Å². The van der Waals surface area contributed by atoms with Crippen LogP contribution in [-0.2, 0) is 0 Å². The molecule has 0 unspecified atom stereocenters. The molecule has 0 N–H and O–H groups in total. The minimum absolute atomic E-state index is 0.598. The molecule has 1 rings (SSSR count). The lowest BCUT2D eigenvalue weighted by Gasteiger charge is -2.12. The van der Waals surface area contributed by atoms with Crippen LogP contribution in [0.2, 0.25) is 0 Å². The molecule has 0 atom stereocenters. The number of hydrogen-bond donors (Lipinski definition) is 0. The highest BCUT2D eigenvalue weighted by atomic mass is 16.5. The summed E-state index contributed by atoms with van der Waals surface area (Å²) >= 11 is 0. The molecule has 0 aliphatic carbocycles. The molecule has 0 aromatic heterocycles. The third kappa shape index (κ3) is 2.43. The van der Waals surface area contributed by atoms with Gasteiger partial charge in [-0.3, -0.25) is 0 Å². The van der Waals surface area contributed by atoms with E-state index in [4.69, 9.17) is 14.2 Å². The lowest BCUT2D eigenvalue weighted by Crippen LogP contribution is -1.95. The topological polar surface area (TPSA) is 27.7 Å². The number of allylic oxidation sites excluding steroid dienone is 1. The molecule has 0 aliphatic heterocycles. The normalized spacial score (nSPS) is 10.4. The molecule has 1 radical (unpaired) electrons. The van der Waals surface area contributed by atoms with Gasteiger partial charge in [0.15, 0.2) is 11.5 Å². The summed E-state index contributed by atoms with van der Waals surface area (Å²) in [4.78, 5) is 0. The molecule has 1 aromatic rings. The zero-order valence-corrected chi connectivity index (χ0v) is 9.24. The van der Waals surface area contributed by atoms with Gasteiger partial charge in [-0.2, -0.15) is 0 Å². The highest BCUT2D eigenvalue weighted by Gasteiger charge is 2.11. The summed E-state index contributed by atoms with van der Waals surface area (Å²) in [7, 11) is 4.77. The Balaban J connectivity index is 3.28. The van der Waals surface area contributed by atoms with E-state index in [9.17, 15) is 0 Å². The molecule has 0 aliphatic rings. The number of ether oxygens (including phenoxy) is 3. The van der Waals surface area contributed by atoms with Crippen molar-refractivity contribution in [1.29, 1.82) is 0 Å². The van der Waals surface area contributed by atoms with Crippen molar-refractivity contribution in [3.8, 4) is 17.2 Å². The van der Waals surface area contributed by atoms with Gasteiger partial charge in [0.2, 0.25) is 5.75 Å². The Bertz CT molecular complexity index is 331. The average Bonchev–Trinajstić information content (AvgIpc) is 2.28. The van der Waals surface area contributed by atoms with E-state index in [-0.39, 0.29) is 0 Å². The molecule has 0 fully saturated rings. The van der Waals surface area contributed by atoms with Crippen molar-refractivity contribution >= 4 is 6.08 Å². The molecule has 0 saturated carbocycles. The summed E-state index contributed by atoms with van der Waals surface area (Å²) in [6.07, 6.45) is 3.57. The van der Waals surface area contributed by atoms with E-state index in [2.05, 4.69) is 6.92 Å². The third-order valence-corrected chi connectivity index (χ3v) is 2.00. The fraction of sp³-hybridized carbons (Fsp3) is 0.250. The Hall–Kier alpha value is -1.64. The number of benzene rings is 1. The average molecular weight is 207 g/mol. The second-order valence-electron chi connectivity index (χ2n) is 2.86. The predicted molar refractivity (Wildman–Crippen MR) is 60.5 cm³/mol. The van der Waals surface area contributed by atoms with Crippen LogP contribution in [0, 0.1) is 6.92 Å². The lowest BCUT2D eigenvalue weighted by molar-refractivity contribution is 0.324. The van der Waals surface area contributed by atoms with Crippen LogP contribution < -0.4 is 14.2 Å². The van der Waals surface area contributed by atoms with E-state index in [1.54, 1.807) is 27.4 Å². The van der Waals surface area contributed by atoms with Crippen molar-refractivity contribution in [2.45, 2.75) is 0 Å². The maximum Gasteiger partial charge on any atom is 0.203 e. The fourth-order valence-corrected chi connectivity index (χ4v) is 1.33. The molecule has 15 heavy (non-hydrogen) atoms. The summed E-state index contributed by atoms with van der Waals surface area (Å²) < 4.78 is 15.6. The Kier molecular flexibility index (Phi) is 4.03. The summed E-state index contributed by atoms with van der Waals surface area (Å²) in [5, 5.41) is 0. The van der Waals surface area contributed by atoms with Gasteiger partial charge in [-0.25, -0.2) is 0 Å². The van der Waals surface area contributed by atoms with Gasteiger partial charge in [0.05, 0.1) is 21.3 Å². The van der Waals surface area contributed by atoms with Crippen molar-refractivity contribution in [2.24, 2.45) is 0 Å². The molecule has 0 saturated heterocycles. The standard InChI is InChI=1S/C12H15O3/c1-5-6-9-7-10(13-2)12(15-4)11(8-9)14-3/h5-8H,1H2,2-4H3. The first kappa shape index (κ1) is 11.4. The first-order chi connectivity index (χ1) is 7.26. The molecule has 0 spiro atoms. The zero-order valence-electron chi connectivity index (χ0n) is 9.24. The second kappa shape index (κ2) is 5.29. The van der Waals surface area contributed by atoms with Crippen molar-refractivity contribution in [1.82, 2.24) is 0 Å². The third-order valence-electron chi connectivity index (χ3n) is 2.00. The fourth-order valence-electron chi connectivity index (χ4n) is 1.33. The van der Waals surface area contributed by atoms with Crippen molar-refractivity contribution in [3.63, 3.8) is 0 Å². The summed E-state index contributed by atoms with van der Waals surface area (Å²) in [5.74, 6) is 1.89. The largest absolute Gasteiger partial charge is 0.493 e. The minimum atomic E-state index is 0.598. The molecule has 1 aromatic carbocycles. The number of rotatable bonds is 4. The van der Waals surface area contributed by atoms with Crippen LogP contribution >= 0.6 is 0 Å². The van der Waals surface area contributed by atoms with E-state index in [1.165, 1.54) is 0 Å². The Morgan fingerprint density at radius 3 is 1.87 bits per heavy atom. The van der Waals surface area contributed by atoms with Gasteiger partial charge in [-0.05, 0) is 24.6 Å². The van der Waals surface area contributed by atoms with Crippen LogP contribution in [0.25, 0.3) is 6.08 Å². The van der Waals surface area contributed by atoms with Crippen molar-refractivity contribution in [3.05, 3.63) is 30.7 Å². The smallest absolute Gasteiger partial charge is 0.203 e. The highest BCUT2D eigenvalue weighted by Crippen LogP contribution is 2.38. The van der Waals surface area contributed by atoms with E-state index < -0.39 is 0 Å². The summed E-state index contributed by atoms with van der Waals surface area (Å²) in [6.45, 7) is 3.64. The minimum Gasteiger partial charge on any atom is -0.493 e. The van der Waals surface area contributed by atoms with Gasteiger partial charge in [-0.15, -0.1) is 0 Å². The molecule has 81 valence electrons.